The molecule has 0 bridgehead atoms. The van der Waals surface area contributed by atoms with Crippen molar-refractivity contribution in [3.63, 3.8) is 0 Å². The molecule has 3 rings (SSSR count). The van der Waals surface area contributed by atoms with Crippen LogP contribution in [0, 0.1) is 6.92 Å². The normalized spacial score (nSPS) is 11.4. The highest BCUT2D eigenvalue weighted by Crippen LogP contribution is 2.22. The van der Waals surface area contributed by atoms with Crippen LogP contribution in [0.15, 0.2) is 36.7 Å². The number of hydrogen-bond acceptors (Lipinski definition) is 3. The molecule has 0 saturated carbocycles. The summed E-state index contributed by atoms with van der Waals surface area (Å²) in [4.78, 5) is 4.33. The number of aryl methyl sites for hydroxylation is 1. The lowest BCUT2D eigenvalue weighted by atomic mass is 10.00. The number of hydrogen-bond donors (Lipinski definition) is 0. The SMILES string of the molecule is Cc1nnc2ncc(-c3ccc(C(C)C)cc3)cn12. The molecule has 2 aromatic heterocycles. The van der Waals surface area contributed by atoms with Gasteiger partial charge in [-0.2, -0.15) is 0 Å². The summed E-state index contributed by atoms with van der Waals surface area (Å²) in [5, 5.41) is 8.01. The van der Waals surface area contributed by atoms with E-state index in [4.69, 9.17) is 0 Å². The van der Waals surface area contributed by atoms with Crippen molar-refractivity contribution >= 4 is 5.78 Å². The molecule has 0 amide bonds. The highest BCUT2D eigenvalue weighted by atomic mass is 15.3. The quantitative estimate of drug-likeness (QED) is 0.703. The molecule has 96 valence electrons. The highest BCUT2D eigenvalue weighted by Gasteiger charge is 2.05. The summed E-state index contributed by atoms with van der Waals surface area (Å²) in [5.74, 6) is 2.04. The average molecular weight is 252 g/mol. The van der Waals surface area contributed by atoms with Gasteiger partial charge in [0.15, 0.2) is 0 Å². The lowest BCUT2D eigenvalue weighted by Crippen LogP contribution is -1.93. The smallest absolute Gasteiger partial charge is 0.254 e. The van der Waals surface area contributed by atoms with E-state index in [1.54, 1.807) is 0 Å². The monoisotopic (exact) mass is 252 g/mol. The second-order valence-electron chi connectivity index (χ2n) is 5.04. The molecule has 0 radical (unpaired) electrons. The Morgan fingerprint density at radius 3 is 2.42 bits per heavy atom. The second-order valence-corrected chi connectivity index (χ2v) is 5.04. The molecule has 0 aliphatic carbocycles. The molecule has 0 atom stereocenters. The van der Waals surface area contributed by atoms with Crippen LogP contribution in [0.4, 0.5) is 0 Å². The van der Waals surface area contributed by atoms with Crippen LogP contribution in [0.2, 0.25) is 0 Å². The molecule has 3 aromatic rings. The molecule has 4 heteroatoms. The number of benzene rings is 1. The largest absolute Gasteiger partial charge is 0.270 e. The van der Waals surface area contributed by atoms with Gasteiger partial charge < -0.3 is 0 Å². The molecule has 1 aromatic carbocycles. The Kier molecular flexibility index (Phi) is 2.78. The molecule has 0 aliphatic heterocycles. The van der Waals surface area contributed by atoms with E-state index < -0.39 is 0 Å². The number of fused-ring (bicyclic) bond motifs is 1. The van der Waals surface area contributed by atoms with Gasteiger partial charge in [-0.15, -0.1) is 10.2 Å². The molecule has 0 saturated heterocycles. The predicted molar refractivity (Wildman–Crippen MR) is 75.0 cm³/mol. The predicted octanol–water partition coefficient (Wildman–Crippen LogP) is 3.22. The van der Waals surface area contributed by atoms with Crippen LogP contribution in [0.5, 0.6) is 0 Å². The van der Waals surface area contributed by atoms with Crippen LogP contribution in [-0.4, -0.2) is 19.6 Å². The lowest BCUT2D eigenvalue weighted by Gasteiger charge is -2.07. The van der Waals surface area contributed by atoms with Crippen LogP contribution in [0.25, 0.3) is 16.9 Å². The summed E-state index contributed by atoms with van der Waals surface area (Å²) < 4.78 is 1.91. The van der Waals surface area contributed by atoms with Crippen LogP contribution < -0.4 is 0 Å². The van der Waals surface area contributed by atoms with E-state index in [9.17, 15) is 0 Å². The Labute approximate surface area is 112 Å². The molecule has 0 aliphatic rings. The fraction of sp³-hybridized carbons (Fsp3) is 0.267. The van der Waals surface area contributed by atoms with E-state index in [0.29, 0.717) is 11.7 Å². The van der Waals surface area contributed by atoms with Gasteiger partial charge in [0.2, 0.25) is 0 Å². The summed E-state index contributed by atoms with van der Waals surface area (Å²) in [6.07, 6.45) is 3.87. The highest BCUT2D eigenvalue weighted by molar-refractivity contribution is 5.63. The molecule has 2 heterocycles. The third kappa shape index (κ3) is 2.10. The van der Waals surface area contributed by atoms with Gasteiger partial charge >= 0.3 is 0 Å². The van der Waals surface area contributed by atoms with Crippen LogP contribution in [-0.2, 0) is 0 Å². The maximum Gasteiger partial charge on any atom is 0.254 e. The molecule has 4 nitrogen and oxygen atoms in total. The van der Waals surface area contributed by atoms with E-state index in [0.717, 1.165) is 17.0 Å². The first-order valence-electron chi connectivity index (χ1n) is 6.43. The Bertz CT molecular complexity index is 711. The van der Waals surface area contributed by atoms with Crippen molar-refractivity contribution in [1.29, 1.82) is 0 Å². The van der Waals surface area contributed by atoms with Crippen molar-refractivity contribution in [3.8, 4) is 11.1 Å². The summed E-state index contributed by atoms with van der Waals surface area (Å²) in [6.45, 7) is 6.32. The van der Waals surface area contributed by atoms with Crippen LogP contribution in [0.3, 0.4) is 0 Å². The van der Waals surface area contributed by atoms with Crippen molar-refractivity contribution in [2.75, 3.05) is 0 Å². The van der Waals surface area contributed by atoms with E-state index >= 15 is 0 Å². The zero-order chi connectivity index (χ0) is 13.4. The Morgan fingerprint density at radius 2 is 1.74 bits per heavy atom. The average Bonchev–Trinajstić information content (AvgIpc) is 2.80. The van der Waals surface area contributed by atoms with Gasteiger partial charge in [-0.3, -0.25) is 4.40 Å². The molecule has 0 fully saturated rings. The summed E-state index contributed by atoms with van der Waals surface area (Å²) >= 11 is 0. The van der Waals surface area contributed by atoms with Gasteiger partial charge in [0.25, 0.3) is 5.78 Å². The summed E-state index contributed by atoms with van der Waals surface area (Å²) in [6, 6.07) is 8.61. The molecule has 0 spiro atoms. The zero-order valence-electron chi connectivity index (χ0n) is 11.3. The van der Waals surface area contributed by atoms with Crippen molar-refractivity contribution < 1.29 is 0 Å². The van der Waals surface area contributed by atoms with Crippen LogP contribution in [0.1, 0.15) is 31.2 Å². The molecular formula is C15H16N4. The zero-order valence-corrected chi connectivity index (χ0v) is 11.3. The number of aromatic nitrogens is 4. The van der Waals surface area contributed by atoms with Gasteiger partial charge in [0, 0.05) is 18.0 Å². The standard InChI is InChI=1S/C15H16N4/c1-10(2)12-4-6-13(7-5-12)14-8-16-15-18-17-11(3)19(15)9-14/h4-10H,1-3H3. The van der Waals surface area contributed by atoms with Gasteiger partial charge in [-0.25, -0.2) is 4.98 Å². The van der Waals surface area contributed by atoms with Crippen molar-refractivity contribution in [1.82, 2.24) is 19.6 Å². The molecule has 19 heavy (non-hydrogen) atoms. The number of rotatable bonds is 2. The van der Waals surface area contributed by atoms with Gasteiger partial charge in [0.1, 0.15) is 5.82 Å². The summed E-state index contributed by atoms with van der Waals surface area (Å²) in [5.41, 5.74) is 3.58. The van der Waals surface area contributed by atoms with Crippen molar-refractivity contribution in [2.45, 2.75) is 26.7 Å². The minimum atomic E-state index is 0.551. The first-order valence-corrected chi connectivity index (χ1v) is 6.43. The van der Waals surface area contributed by atoms with Crippen molar-refractivity contribution in [3.05, 3.63) is 48.0 Å². The minimum Gasteiger partial charge on any atom is -0.270 e. The fourth-order valence-electron chi connectivity index (χ4n) is 2.11. The molecule has 0 unspecified atom stereocenters. The first kappa shape index (κ1) is 11.8. The molecular weight excluding hydrogens is 236 g/mol. The third-order valence-electron chi connectivity index (χ3n) is 3.35. The topological polar surface area (TPSA) is 43.1 Å². The van der Waals surface area contributed by atoms with Gasteiger partial charge in [-0.1, -0.05) is 38.1 Å². The fourth-order valence-corrected chi connectivity index (χ4v) is 2.11. The van der Waals surface area contributed by atoms with E-state index in [-0.39, 0.29) is 0 Å². The van der Waals surface area contributed by atoms with Crippen molar-refractivity contribution in [2.24, 2.45) is 0 Å². The third-order valence-corrected chi connectivity index (χ3v) is 3.35. The van der Waals surface area contributed by atoms with E-state index in [1.807, 2.05) is 23.7 Å². The Hall–Kier alpha value is -2.23. The van der Waals surface area contributed by atoms with Gasteiger partial charge in [0.05, 0.1) is 0 Å². The first-order chi connectivity index (χ1) is 9.15. The van der Waals surface area contributed by atoms with E-state index in [2.05, 4.69) is 53.3 Å². The maximum atomic E-state index is 4.33. The Morgan fingerprint density at radius 1 is 1.00 bits per heavy atom. The van der Waals surface area contributed by atoms with E-state index in [1.165, 1.54) is 5.56 Å². The lowest BCUT2D eigenvalue weighted by molar-refractivity contribution is 0.867. The number of nitrogens with zero attached hydrogens (tertiary/aromatic N) is 4. The Balaban J connectivity index is 2.05. The maximum absolute atomic E-state index is 4.33. The molecule has 0 N–H and O–H groups in total. The van der Waals surface area contributed by atoms with Gasteiger partial charge in [-0.05, 0) is 24.0 Å². The second kappa shape index (κ2) is 4.46. The minimum absolute atomic E-state index is 0.551. The summed E-state index contributed by atoms with van der Waals surface area (Å²) in [7, 11) is 0. The van der Waals surface area contributed by atoms with Crippen LogP contribution >= 0.6 is 0 Å².